The molecule has 0 aromatic rings. The molecule has 3 nitrogen and oxygen atoms in total. The molecule has 0 aromatic heterocycles. The Balaban J connectivity index is 4.14. The van der Waals surface area contributed by atoms with Gasteiger partial charge in [-0.05, 0) is 12.4 Å². The van der Waals surface area contributed by atoms with Crippen LogP contribution in [0.4, 0.5) is 0 Å². The lowest BCUT2D eigenvalue weighted by Crippen LogP contribution is -2.09. The van der Waals surface area contributed by atoms with Crippen LogP contribution < -0.4 is 5.32 Å². The van der Waals surface area contributed by atoms with Crippen molar-refractivity contribution >= 4 is 14.3 Å². The van der Waals surface area contributed by atoms with Crippen LogP contribution in [0.1, 0.15) is 6.92 Å². The summed E-state index contributed by atoms with van der Waals surface area (Å²) in [5, 5.41) is 10.4. The Hall–Kier alpha value is -1.24. The Morgan fingerprint density at radius 1 is 1.89 bits per heavy atom. The number of allylic oxidation sites excluding steroid dienone is 2. The molecule has 9 heavy (non-hydrogen) atoms. The Bertz CT molecular complexity index is 180. The van der Waals surface area contributed by atoms with Crippen molar-refractivity contribution in [1.29, 1.82) is 5.26 Å². The smallest absolute Gasteiger partial charge is 0.211 e. The molecular formula is C5H5BN2O. The molecule has 0 fully saturated rings. The minimum absolute atomic E-state index is 0.0297. The topological polar surface area (TPSA) is 52.9 Å². The fourth-order valence-corrected chi connectivity index (χ4v) is 0.250. The molecule has 44 valence electrons. The van der Waals surface area contributed by atoms with Gasteiger partial charge >= 0.3 is 0 Å². The average molecular weight is 120 g/mol. The maximum atomic E-state index is 9.73. The predicted octanol–water partition coefficient (Wildman–Crippen LogP) is -0.344. The van der Waals surface area contributed by atoms with Gasteiger partial charge < -0.3 is 5.32 Å². The van der Waals surface area contributed by atoms with Crippen molar-refractivity contribution in [2.75, 3.05) is 0 Å². The third kappa shape index (κ3) is 2.55. The quantitative estimate of drug-likeness (QED) is 0.307. The van der Waals surface area contributed by atoms with Crippen LogP contribution in [-0.4, -0.2) is 14.3 Å². The van der Waals surface area contributed by atoms with E-state index in [9.17, 15) is 4.79 Å². The molecule has 0 unspecified atom stereocenters. The van der Waals surface area contributed by atoms with Crippen molar-refractivity contribution in [2.24, 2.45) is 0 Å². The van der Waals surface area contributed by atoms with E-state index in [0.717, 1.165) is 0 Å². The Morgan fingerprint density at radius 2 is 2.44 bits per heavy atom. The van der Waals surface area contributed by atoms with Gasteiger partial charge in [0.05, 0.1) is 6.07 Å². The van der Waals surface area contributed by atoms with Gasteiger partial charge in [-0.3, -0.25) is 4.79 Å². The van der Waals surface area contributed by atoms with Gasteiger partial charge in [-0.2, -0.15) is 5.26 Å². The molecule has 0 saturated carbocycles. The molecule has 2 radical (unpaired) electrons. The highest BCUT2D eigenvalue weighted by molar-refractivity contribution is 6.24. The standard InChI is InChI=1S/C5H5BN2O/c1-4(8-3-9)5(6)2-7/h3H,1H3,(H,8,9)/b5-4+. The summed E-state index contributed by atoms with van der Waals surface area (Å²) in [5.74, 6) is 0. The zero-order chi connectivity index (χ0) is 7.28. The summed E-state index contributed by atoms with van der Waals surface area (Å²) >= 11 is 0. The maximum Gasteiger partial charge on any atom is 0.211 e. The number of nitrogens with zero attached hydrogens (tertiary/aromatic N) is 1. The molecule has 0 saturated heterocycles. The Morgan fingerprint density at radius 3 is 2.78 bits per heavy atom. The van der Waals surface area contributed by atoms with E-state index in [-0.39, 0.29) is 5.47 Å². The number of hydrogen-bond donors (Lipinski definition) is 1. The van der Waals surface area contributed by atoms with Gasteiger partial charge in [0, 0.05) is 5.70 Å². The lowest BCUT2D eigenvalue weighted by atomic mass is 9.95. The number of rotatable bonds is 2. The van der Waals surface area contributed by atoms with Gasteiger partial charge in [-0.25, -0.2) is 0 Å². The molecule has 0 aliphatic carbocycles. The average Bonchev–Trinajstić information content (AvgIpc) is 1.87. The zero-order valence-electron chi connectivity index (χ0n) is 5.01. The van der Waals surface area contributed by atoms with Crippen LogP contribution in [0.15, 0.2) is 11.2 Å². The second-order valence-corrected chi connectivity index (χ2v) is 1.41. The van der Waals surface area contributed by atoms with Gasteiger partial charge in [0.2, 0.25) is 6.41 Å². The first kappa shape index (κ1) is 7.76. The van der Waals surface area contributed by atoms with Crippen molar-refractivity contribution in [3.8, 4) is 6.07 Å². The second-order valence-electron chi connectivity index (χ2n) is 1.41. The van der Waals surface area contributed by atoms with Crippen LogP contribution in [0, 0.1) is 11.3 Å². The molecule has 0 heterocycles. The van der Waals surface area contributed by atoms with Crippen molar-refractivity contribution in [1.82, 2.24) is 5.32 Å². The molecule has 0 bridgehead atoms. The van der Waals surface area contributed by atoms with Crippen molar-refractivity contribution in [3.05, 3.63) is 11.2 Å². The summed E-state index contributed by atoms with van der Waals surface area (Å²) in [7, 11) is 5.10. The third-order valence-electron chi connectivity index (χ3n) is 0.800. The van der Waals surface area contributed by atoms with E-state index in [1.54, 1.807) is 13.0 Å². The summed E-state index contributed by atoms with van der Waals surface area (Å²) in [5.41, 5.74) is 0.412. The summed E-state index contributed by atoms with van der Waals surface area (Å²) in [6.07, 6.45) is 0.472. The Kier molecular flexibility index (Phi) is 3.22. The highest BCUT2D eigenvalue weighted by Crippen LogP contribution is 1.90. The summed E-state index contributed by atoms with van der Waals surface area (Å²) in [6, 6.07) is 1.69. The molecule has 0 aromatic carbocycles. The number of amides is 1. The number of carbonyl (C=O) groups is 1. The van der Waals surface area contributed by atoms with E-state index in [4.69, 9.17) is 13.1 Å². The molecule has 0 spiro atoms. The van der Waals surface area contributed by atoms with Crippen LogP contribution in [-0.2, 0) is 4.79 Å². The van der Waals surface area contributed by atoms with E-state index in [2.05, 4.69) is 5.32 Å². The van der Waals surface area contributed by atoms with Crippen molar-refractivity contribution < 1.29 is 4.79 Å². The van der Waals surface area contributed by atoms with Gasteiger partial charge in [0.1, 0.15) is 7.85 Å². The second kappa shape index (κ2) is 3.73. The van der Waals surface area contributed by atoms with E-state index >= 15 is 0 Å². The Labute approximate surface area is 54.8 Å². The van der Waals surface area contributed by atoms with Crippen LogP contribution in [0.3, 0.4) is 0 Å². The largest absolute Gasteiger partial charge is 0.333 e. The van der Waals surface area contributed by atoms with Gasteiger partial charge in [0.25, 0.3) is 0 Å². The zero-order valence-corrected chi connectivity index (χ0v) is 5.01. The number of carbonyl (C=O) groups excluding carboxylic acids is 1. The molecule has 0 rings (SSSR count). The highest BCUT2D eigenvalue weighted by Gasteiger charge is 1.89. The van der Waals surface area contributed by atoms with Gasteiger partial charge in [-0.15, -0.1) is 0 Å². The first-order valence-corrected chi connectivity index (χ1v) is 2.29. The summed E-state index contributed by atoms with van der Waals surface area (Å²) < 4.78 is 0. The van der Waals surface area contributed by atoms with E-state index in [1.165, 1.54) is 0 Å². The highest BCUT2D eigenvalue weighted by atomic mass is 16.1. The number of nitriles is 1. The third-order valence-corrected chi connectivity index (χ3v) is 0.800. The molecule has 4 heteroatoms. The summed E-state index contributed by atoms with van der Waals surface area (Å²) in [4.78, 5) is 9.73. The molecule has 0 aliphatic heterocycles. The van der Waals surface area contributed by atoms with Gasteiger partial charge in [-0.1, -0.05) is 0 Å². The van der Waals surface area contributed by atoms with E-state index in [0.29, 0.717) is 12.1 Å². The minimum atomic E-state index is 0.0297. The lowest BCUT2D eigenvalue weighted by molar-refractivity contribution is -0.108. The molecule has 1 amide bonds. The van der Waals surface area contributed by atoms with Crippen LogP contribution in [0.5, 0.6) is 0 Å². The molecule has 1 N–H and O–H groups in total. The van der Waals surface area contributed by atoms with E-state index < -0.39 is 0 Å². The molecular weight excluding hydrogens is 115 g/mol. The first-order chi connectivity index (χ1) is 4.22. The minimum Gasteiger partial charge on any atom is -0.333 e. The molecule has 0 atom stereocenters. The normalized spacial score (nSPS) is 11.1. The fraction of sp³-hybridized carbons (Fsp3) is 0.200. The maximum absolute atomic E-state index is 9.73. The summed E-state index contributed by atoms with van der Waals surface area (Å²) in [6.45, 7) is 1.55. The van der Waals surface area contributed by atoms with Crippen LogP contribution in [0.2, 0.25) is 0 Å². The lowest BCUT2D eigenvalue weighted by Gasteiger charge is -1.95. The molecule has 0 aliphatic rings. The van der Waals surface area contributed by atoms with Crippen LogP contribution >= 0.6 is 0 Å². The fourth-order valence-electron chi connectivity index (χ4n) is 0.250. The monoisotopic (exact) mass is 120 g/mol. The first-order valence-electron chi connectivity index (χ1n) is 2.29. The predicted molar refractivity (Wildman–Crippen MR) is 33.3 cm³/mol. The van der Waals surface area contributed by atoms with Gasteiger partial charge in [0.15, 0.2) is 0 Å². The van der Waals surface area contributed by atoms with Crippen molar-refractivity contribution in [2.45, 2.75) is 6.92 Å². The number of nitrogens with one attached hydrogen (secondary N) is 1. The van der Waals surface area contributed by atoms with Crippen LogP contribution in [0.25, 0.3) is 0 Å². The SMILES string of the molecule is [B]/C(C#N)=C(\C)NC=O. The van der Waals surface area contributed by atoms with E-state index in [1.807, 2.05) is 0 Å². The van der Waals surface area contributed by atoms with Crippen molar-refractivity contribution in [3.63, 3.8) is 0 Å². The number of hydrogen-bond acceptors (Lipinski definition) is 2.